The summed E-state index contributed by atoms with van der Waals surface area (Å²) >= 11 is 9.17. The van der Waals surface area contributed by atoms with Crippen LogP contribution in [0, 0.1) is 5.92 Å². The zero-order chi connectivity index (χ0) is 12.4. The van der Waals surface area contributed by atoms with E-state index in [0.29, 0.717) is 17.3 Å². The van der Waals surface area contributed by atoms with Crippen molar-refractivity contribution in [2.24, 2.45) is 5.92 Å². The second-order valence-electron chi connectivity index (χ2n) is 3.82. The lowest BCUT2D eigenvalue weighted by atomic mass is 10.1. The first-order chi connectivity index (χ1) is 8.06. The van der Waals surface area contributed by atoms with E-state index in [9.17, 15) is 9.59 Å². The maximum atomic E-state index is 11.9. The van der Waals surface area contributed by atoms with E-state index in [2.05, 4.69) is 26.6 Å². The molecule has 2 rings (SSSR count). The molecule has 1 saturated heterocycles. The molecule has 1 unspecified atom stereocenters. The van der Waals surface area contributed by atoms with Gasteiger partial charge in [-0.3, -0.25) is 9.59 Å². The molecular weight excluding hydrogens is 307 g/mol. The summed E-state index contributed by atoms with van der Waals surface area (Å²) in [4.78, 5) is 22.9. The summed E-state index contributed by atoms with van der Waals surface area (Å²) in [6.07, 6.45) is 0.240. The Morgan fingerprint density at radius 3 is 2.94 bits per heavy atom. The number of hydrogen-bond donors (Lipinski definition) is 2. The molecule has 1 aliphatic rings. The van der Waals surface area contributed by atoms with Crippen LogP contribution in [0.2, 0.25) is 5.02 Å². The molecule has 2 amide bonds. The van der Waals surface area contributed by atoms with Crippen LogP contribution in [-0.4, -0.2) is 18.4 Å². The zero-order valence-electron chi connectivity index (χ0n) is 8.80. The molecule has 6 heteroatoms. The lowest BCUT2D eigenvalue weighted by Crippen LogP contribution is -2.24. The average Bonchev–Trinajstić information content (AvgIpc) is 2.70. The topological polar surface area (TPSA) is 58.2 Å². The highest BCUT2D eigenvalue weighted by atomic mass is 79.9. The highest BCUT2D eigenvalue weighted by Crippen LogP contribution is 2.26. The first-order valence-corrected chi connectivity index (χ1v) is 6.26. The van der Waals surface area contributed by atoms with Crippen LogP contribution in [0.1, 0.15) is 6.42 Å². The summed E-state index contributed by atoms with van der Waals surface area (Å²) in [5, 5.41) is 5.92. The molecule has 1 atom stereocenters. The first kappa shape index (κ1) is 12.4. The summed E-state index contributed by atoms with van der Waals surface area (Å²) in [6, 6.07) is 5.14. The van der Waals surface area contributed by atoms with Crippen LogP contribution in [0.4, 0.5) is 5.69 Å². The van der Waals surface area contributed by atoms with Gasteiger partial charge in [0.05, 0.1) is 11.6 Å². The third-order valence-corrected chi connectivity index (χ3v) is 3.46. The van der Waals surface area contributed by atoms with E-state index in [0.717, 1.165) is 4.47 Å². The molecule has 17 heavy (non-hydrogen) atoms. The molecule has 1 aromatic rings. The van der Waals surface area contributed by atoms with Gasteiger partial charge in [0.15, 0.2) is 0 Å². The quantitative estimate of drug-likeness (QED) is 0.878. The van der Waals surface area contributed by atoms with E-state index in [1.807, 2.05) is 0 Å². The van der Waals surface area contributed by atoms with Gasteiger partial charge in [-0.05, 0) is 34.1 Å². The number of benzene rings is 1. The van der Waals surface area contributed by atoms with Crippen LogP contribution in [0.5, 0.6) is 0 Å². The predicted molar refractivity (Wildman–Crippen MR) is 68.9 cm³/mol. The number of halogens is 2. The molecule has 2 N–H and O–H groups in total. The number of hydrogen-bond acceptors (Lipinski definition) is 2. The molecule has 0 spiro atoms. The predicted octanol–water partition coefficient (Wildman–Crippen LogP) is 2.18. The van der Waals surface area contributed by atoms with Gasteiger partial charge in [0.2, 0.25) is 11.8 Å². The number of carbonyl (C=O) groups excluding carboxylic acids is 2. The molecule has 1 aliphatic heterocycles. The van der Waals surface area contributed by atoms with Crippen molar-refractivity contribution in [3.05, 3.63) is 27.7 Å². The molecule has 0 aromatic heterocycles. The van der Waals surface area contributed by atoms with Crippen LogP contribution in [0.3, 0.4) is 0 Å². The monoisotopic (exact) mass is 316 g/mol. The summed E-state index contributed by atoms with van der Waals surface area (Å²) in [5.41, 5.74) is 0.613. The van der Waals surface area contributed by atoms with Gasteiger partial charge in [-0.2, -0.15) is 0 Å². The van der Waals surface area contributed by atoms with E-state index in [-0.39, 0.29) is 24.2 Å². The van der Waals surface area contributed by atoms with Gasteiger partial charge < -0.3 is 10.6 Å². The second-order valence-corrected chi connectivity index (χ2v) is 5.11. The average molecular weight is 318 g/mol. The number of nitrogens with one attached hydrogen (secondary N) is 2. The Kier molecular flexibility index (Phi) is 3.69. The van der Waals surface area contributed by atoms with Crippen LogP contribution in [0.25, 0.3) is 0 Å². The summed E-state index contributed by atoms with van der Waals surface area (Å²) < 4.78 is 0.757. The van der Waals surface area contributed by atoms with Gasteiger partial charge in [0.1, 0.15) is 0 Å². The maximum Gasteiger partial charge on any atom is 0.229 e. The van der Waals surface area contributed by atoms with Crippen molar-refractivity contribution in [3.63, 3.8) is 0 Å². The fraction of sp³-hybridized carbons (Fsp3) is 0.273. The molecule has 0 saturated carbocycles. The molecular formula is C11H10BrClN2O2. The number of rotatable bonds is 2. The normalized spacial score (nSPS) is 18.9. The maximum absolute atomic E-state index is 11.9. The molecule has 1 fully saturated rings. The van der Waals surface area contributed by atoms with Crippen molar-refractivity contribution in [1.82, 2.24) is 5.32 Å². The molecule has 1 aromatic carbocycles. The standard InChI is InChI=1S/C11H10BrClN2O2/c12-8-2-1-7(13)4-9(8)15-11(17)6-3-10(16)14-5-6/h1-2,4,6H,3,5H2,(H,14,16)(H,15,17). The first-order valence-electron chi connectivity index (χ1n) is 5.09. The lowest BCUT2D eigenvalue weighted by Gasteiger charge is -2.10. The third-order valence-electron chi connectivity index (χ3n) is 2.53. The SMILES string of the molecule is O=C1CC(C(=O)Nc2cc(Cl)ccc2Br)CN1. The largest absolute Gasteiger partial charge is 0.355 e. The Balaban J connectivity index is 2.07. The van der Waals surface area contributed by atoms with Gasteiger partial charge in [-0.1, -0.05) is 11.6 Å². The smallest absolute Gasteiger partial charge is 0.229 e. The highest BCUT2D eigenvalue weighted by Gasteiger charge is 2.28. The van der Waals surface area contributed by atoms with Crippen LogP contribution >= 0.6 is 27.5 Å². The van der Waals surface area contributed by atoms with E-state index < -0.39 is 0 Å². The van der Waals surface area contributed by atoms with Crippen LogP contribution < -0.4 is 10.6 Å². The Morgan fingerprint density at radius 1 is 1.53 bits per heavy atom. The molecule has 4 nitrogen and oxygen atoms in total. The minimum Gasteiger partial charge on any atom is -0.355 e. The fourth-order valence-corrected chi connectivity index (χ4v) is 2.14. The Labute approximate surface area is 112 Å². The van der Waals surface area contributed by atoms with E-state index >= 15 is 0 Å². The number of amides is 2. The van der Waals surface area contributed by atoms with Gasteiger partial charge >= 0.3 is 0 Å². The zero-order valence-corrected chi connectivity index (χ0v) is 11.1. The van der Waals surface area contributed by atoms with E-state index in [1.54, 1.807) is 18.2 Å². The number of anilines is 1. The van der Waals surface area contributed by atoms with E-state index in [4.69, 9.17) is 11.6 Å². The fourth-order valence-electron chi connectivity index (χ4n) is 1.62. The Morgan fingerprint density at radius 2 is 2.29 bits per heavy atom. The van der Waals surface area contributed by atoms with Crippen molar-refractivity contribution in [1.29, 1.82) is 0 Å². The molecule has 1 heterocycles. The highest BCUT2D eigenvalue weighted by molar-refractivity contribution is 9.10. The van der Waals surface area contributed by atoms with Crippen LogP contribution in [-0.2, 0) is 9.59 Å². The van der Waals surface area contributed by atoms with Crippen LogP contribution in [0.15, 0.2) is 22.7 Å². The van der Waals surface area contributed by atoms with Crippen molar-refractivity contribution in [3.8, 4) is 0 Å². The minimum absolute atomic E-state index is 0.0877. The second kappa shape index (κ2) is 5.06. The van der Waals surface area contributed by atoms with E-state index in [1.165, 1.54) is 0 Å². The summed E-state index contributed by atoms with van der Waals surface area (Å²) in [5.74, 6) is -0.574. The van der Waals surface area contributed by atoms with Crippen molar-refractivity contribution < 1.29 is 9.59 Å². The lowest BCUT2D eigenvalue weighted by molar-refractivity contribution is -0.123. The van der Waals surface area contributed by atoms with Crippen molar-refractivity contribution >= 4 is 45.0 Å². The van der Waals surface area contributed by atoms with Gasteiger partial charge in [-0.15, -0.1) is 0 Å². The third kappa shape index (κ3) is 2.98. The van der Waals surface area contributed by atoms with Gasteiger partial charge in [-0.25, -0.2) is 0 Å². The van der Waals surface area contributed by atoms with Gasteiger partial charge in [0.25, 0.3) is 0 Å². The summed E-state index contributed by atoms with van der Waals surface area (Å²) in [6.45, 7) is 0.392. The Hall–Kier alpha value is -1.07. The number of carbonyl (C=O) groups is 2. The van der Waals surface area contributed by atoms with Crippen molar-refractivity contribution in [2.75, 3.05) is 11.9 Å². The summed E-state index contributed by atoms with van der Waals surface area (Å²) in [7, 11) is 0. The molecule has 90 valence electrons. The molecule has 0 aliphatic carbocycles. The molecule has 0 radical (unpaired) electrons. The van der Waals surface area contributed by atoms with Crippen molar-refractivity contribution in [2.45, 2.75) is 6.42 Å². The minimum atomic E-state index is -0.312. The van der Waals surface area contributed by atoms with Gasteiger partial charge in [0, 0.05) is 22.5 Å². The molecule has 0 bridgehead atoms. The Bertz CT molecular complexity index is 479.